The zero-order chi connectivity index (χ0) is 18.9. The lowest BCUT2D eigenvalue weighted by Gasteiger charge is -2.17. The molecule has 2 aromatic carbocycles. The Kier molecular flexibility index (Phi) is 4.94. The summed E-state index contributed by atoms with van der Waals surface area (Å²) in [5.74, 6) is 0.258. The number of para-hydroxylation sites is 1. The van der Waals surface area contributed by atoms with Crippen molar-refractivity contribution in [2.24, 2.45) is 5.92 Å². The van der Waals surface area contributed by atoms with Crippen molar-refractivity contribution in [1.82, 2.24) is 5.32 Å². The second-order valence-electron chi connectivity index (χ2n) is 6.68. The third-order valence-electron chi connectivity index (χ3n) is 4.38. The molecule has 6 heteroatoms. The van der Waals surface area contributed by atoms with Crippen LogP contribution in [0.15, 0.2) is 42.5 Å². The lowest BCUT2D eigenvalue weighted by atomic mass is 9.96. The van der Waals surface area contributed by atoms with E-state index in [9.17, 15) is 18.0 Å². The highest BCUT2D eigenvalue weighted by Gasteiger charge is 2.35. The van der Waals surface area contributed by atoms with E-state index in [1.54, 1.807) is 32.0 Å². The summed E-state index contributed by atoms with van der Waals surface area (Å²) in [5.41, 5.74) is 0.689. The molecule has 0 unspecified atom stereocenters. The molecule has 0 saturated carbocycles. The fourth-order valence-corrected chi connectivity index (χ4v) is 3.05. The first-order valence-electron chi connectivity index (χ1n) is 8.50. The molecule has 3 nitrogen and oxygen atoms in total. The van der Waals surface area contributed by atoms with E-state index in [4.69, 9.17) is 4.74 Å². The molecule has 0 spiro atoms. The average molecular weight is 363 g/mol. The summed E-state index contributed by atoms with van der Waals surface area (Å²) in [6, 6.07) is 10.7. The number of ether oxygens (including phenoxy) is 1. The molecule has 2 aromatic rings. The minimum atomic E-state index is -4.44. The molecule has 1 N–H and O–H groups in total. The normalized spacial score (nSPS) is 16.3. The molecule has 138 valence electrons. The van der Waals surface area contributed by atoms with Gasteiger partial charge in [0.1, 0.15) is 11.9 Å². The topological polar surface area (TPSA) is 38.3 Å². The highest BCUT2D eigenvalue weighted by atomic mass is 19.4. The van der Waals surface area contributed by atoms with E-state index in [2.05, 4.69) is 5.32 Å². The summed E-state index contributed by atoms with van der Waals surface area (Å²) >= 11 is 0. The second kappa shape index (κ2) is 7.02. The molecule has 0 saturated heterocycles. The van der Waals surface area contributed by atoms with Gasteiger partial charge in [0.15, 0.2) is 0 Å². The zero-order valence-electron chi connectivity index (χ0n) is 14.6. The highest BCUT2D eigenvalue weighted by molar-refractivity contribution is 5.78. The van der Waals surface area contributed by atoms with Crippen LogP contribution in [0.5, 0.6) is 5.75 Å². The van der Waals surface area contributed by atoms with Gasteiger partial charge in [-0.15, -0.1) is 0 Å². The molecule has 26 heavy (non-hydrogen) atoms. The largest absolute Gasteiger partial charge is 0.487 e. The van der Waals surface area contributed by atoms with E-state index in [0.717, 1.165) is 11.6 Å². The molecule has 1 aliphatic heterocycles. The van der Waals surface area contributed by atoms with Crippen molar-refractivity contribution >= 4 is 5.91 Å². The van der Waals surface area contributed by atoms with Crippen LogP contribution in [0.4, 0.5) is 13.2 Å². The maximum Gasteiger partial charge on any atom is 0.417 e. The maximum atomic E-state index is 13.4. The number of hydrogen-bond donors (Lipinski definition) is 1. The number of rotatable bonds is 4. The molecule has 1 atom stereocenters. The monoisotopic (exact) mass is 363 g/mol. The van der Waals surface area contributed by atoms with Crippen molar-refractivity contribution in [2.75, 3.05) is 6.54 Å². The first-order chi connectivity index (χ1) is 12.3. The summed E-state index contributed by atoms with van der Waals surface area (Å²) in [6.45, 7) is 3.92. The smallest absolute Gasteiger partial charge is 0.417 e. The molecule has 1 aliphatic rings. The van der Waals surface area contributed by atoms with Crippen LogP contribution in [0.3, 0.4) is 0 Å². The SMILES string of the molecule is CC(C)C(=O)NC[C@@H]1Cc2cccc(-c3ccccc3C(F)(F)F)c2O1. The summed E-state index contributed by atoms with van der Waals surface area (Å²) in [5, 5.41) is 2.81. The van der Waals surface area contributed by atoms with Crippen LogP contribution in [-0.4, -0.2) is 18.6 Å². The van der Waals surface area contributed by atoms with Gasteiger partial charge in [0.25, 0.3) is 0 Å². The minimum absolute atomic E-state index is 0.0767. The molecule has 0 aliphatic carbocycles. The Morgan fingerprint density at radius 3 is 2.54 bits per heavy atom. The van der Waals surface area contributed by atoms with Crippen molar-refractivity contribution in [1.29, 1.82) is 0 Å². The molecule has 0 aromatic heterocycles. The average Bonchev–Trinajstić information content (AvgIpc) is 3.01. The van der Waals surface area contributed by atoms with Crippen molar-refractivity contribution in [3.63, 3.8) is 0 Å². The first-order valence-corrected chi connectivity index (χ1v) is 8.50. The second-order valence-corrected chi connectivity index (χ2v) is 6.68. The van der Waals surface area contributed by atoms with Gasteiger partial charge in [0.2, 0.25) is 5.91 Å². The molecule has 1 heterocycles. The van der Waals surface area contributed by atoms with E-state index in [1.807, 2.05) is 6.07 Å². The van der Waals surface area contributed by atoms with Gasteiger partial charge in [-0.1, -0.05) is 50.2 Å². The molecule has 0 radical (unpaired) electrons. The van der Waals surface area contributed by atoms with Gasteiger partial charge in [-0.25, -0.2) is 0 Å². The van der Waals surface area contributed by atoms with Gasteiger partial charge in [-0.2, -0.15) is 13.2 Å². The van der Waals surface area contributed by atoms with E-state index < -0.39 is 11.7 Å². The van der Waals surface area contributed by atoms with E-state index >= 15 is 0 Å². The number of halogens is 3. The van der Waals surface area contributed by atoms with Crippen molar-refractivity contribution < 1.29 is 22.7 Å². The van der Waals surface area contributed by atoms with Crippen LogP contribution in [0.2, 0.25) is 0 Å². The number of amides is 1. The van der Waals surface area contributed by atoms with E-state index in [-0.39, 0.29) is 23.5 Å². The number of benzene rings is 2. The van der Waals surface area contributed by atoms with Gasteiger partial charge >= 0.3 is 6.18 Å². The third-order valence-corrected chi connectivity index (χ3v) is 4.38. The van der Waals surface area contributed by atoms with Crippen LogP contribution in [0.25, 0.3) is 11.1 Å². The van der Waals surface area contributed by atoms with E-state index in [0.29, 0.717) is 24.3 Å². The molecule has 0 bridgehead atoms. The number of alkyl halides is 3. The van der Waals surface area contributed by atoms with Crippen LogP contribution >= 0.6 is 0 Å². The maximum absolute atomic E-state index is 13.4. The molecule has 3 rings (SSSR count). The van der Waals surface area contributed by atoms with Gasteiger partial charge < -0.3 is 10.1 Å². The van der Waals surface area contributed by atoms with Crippen LogP contribution < -0.4 is 10.1 Å². The molecule has 1 amide bonds. The van der Waals surface area contributed by atoms with E-state index in [1.165, 1.54) is 12.1 Å². The quantitative estimate of drug-likeness (QED) is 0.872. The Bertz CT molecular complexity index is 815. The minimum Gasteiger partial charge on any atom is -0.487 e. The summed E-state index contributed by atoms with van der Waals surface area (Å²) in [4.78, 5) is 11.7. The fraction of sp³-hybridized carbons (Fsp3) is 0.350. The van der Waals surface area contributed by atoms with Crippen LogP contribution in [-0.2, 0) is 17.4 Å². The number of carbonyl (C=O) groups excluding carboxylic acids is 1. The van der Waals surface area contributed by atoms with Gasteiger partial charge in [0, 0.05) is 17.9 Å². The number of fused-ring (bicyclic) bond motifs is 1. The van der Waals surface area contributed by atoms with Gasteiger partial charge in [-0.3, -0.25) is 4.79 Å². The Morgan fingerprint density at radius 2 is 1.85 bits per heavy atom. The van der Waals surface area contributed by atoms with Crippen molar-refractivity contribution in [3.8, 4) is 16.9 Å². The Labute approximate surface area is 150 Å². The third kappa shape index (κ3) is 3.69. The predicted molar refractivity (Wildman–Crippen MR) is 92.8 cm³/mol. The lowest BCUT2D eigenvalue weighted by molar-refractivity contribution is -0.137. The summed E-state index contributed by atoms with van der Waals surface area (Å²) in [7, 11) is 0. The Balaban J connectivity index is 1.88. The highest BCUT2D eigenvalue weighted by Crippen LogP contribution is 2.43. The Morgan fingerprint density at radius 1 is 1.15 bits per heavy atom. The number of nitrogens with one attached hydrogen (secondary N) is 1. The first kappa shape index (κ1) is 18.3. The van der Waals surface area contributed by atoms with Crippen LogP contribution in [0, 0.1) is 5.92 Å². The molecule has 0 fully saturated rings. The lowest BCUT2D eigenvalue weighted by Crippen LogP contribution is -2.36. The number of carbonyl (C=O) groups is 1. The standard InChI is InChI=1S/C20H20F3NO2/c1-12(2)19(25)24-11-14-10-13-6-5-8-16(18(13)26-14)15-7-3-4-9-17(15)20(21,22)23/h3-9,12,14H,10-11H2,1-2H3,(H,24,25)/t14-/m0/s1. The van der Waals surface area contributed by atoms with Crippen molar-refractivity contribution in [2.45, 2.75) is 32.5 Å². The fourth-order valence-electron chi connectivity index (χ4n) is 3.05. The van der Waals surface area contributed by atoms with Gasteiger partial charge in [-0.05, 0) is 17.2 Å². The number of hydrogen-bond acceptors (Lipinski definition) is 2. The molecular weight excluding hydrogens is 343 g/mol. The predicted octanol–water partition coefficient (Wildman–Crippen LogP) is 4.45. The van der Waals surface area contributed by atoms with Crippen molar-refractivity contribution in [3.05, 3.63) is 53.6 Å². The summed E-state index contributed by atoms with van der Waals surface area (Å²) < 4.78 is 46.0. The zero-order valence-corrected chi connectivity index (χ0v) is 14.6. The summed E-state index contributed by atoms with van der Waals surface area (Å²) in [6.07, 6.45) is -4.18. The van der Waals surface area contributed by atoms with Gasteiger partial charge in [0.05, 0.1) is 12.1 Å². The Hall–Kier alpha value is -2.50. The molecular formula is C20H20F3NO2. The van der Waals surface area contributed by atoms with Crippen LogP contribution in [0.1, 0.15) is 25.0 Å².